The zero-order valence-corrected chi connectivity index (χ0v) is 23.9. The lowest BCUT2D eigenvalue weighted by atomic mass is 9.93. The van der Waals surface area contributed by atoms with Crippen molar-refractivity contribution in [3.05, 3.63) is 70.8 Å². The van der Waals surface area contributed by atoms with Gasteiger partial charge < -0.3 is 20.3 Å². The Bertz CT molecular complexity index is 1120. The van der Waals surface area contributed by atoms with Gasteiger partial charge in [-0.15, -0.1) is 0 Å². The van der Waals surface area contributed by atoms with Gasteiger partial charge in [-0.3, -0.25) is 9.59 Å². The van der Waals surface area contributed by atoms with Crippen molar-refractivity contribution in [1.29, 1.82) is 5.26 Å². The molecule has 2 atom stereocenters. The van der Waals surface area contributed by atoms with E-state index in [-0.39, 0.29) is 13.1 Å². The van der Waals surface area contributed by atoms with Gasteiger partial charge in [-0.1, -0.05) is 48.5 Å². The highest BCUT2D eigenvalue weighted by Crippen LogP contribution is 2.29. The number of nitrogens with one attached hydrogen (secondary N) is 2. The van der Waals surface area contributed by atoms with Crippen LogP contribution in [0, 0.1) is 25.2 Å². The van der Waals surface area contributed by atoms with E-state index >= 15 is 0 Å². The van der Waals surface area contributed by atoms with Crippen molar-refractivity contribution in [2.75, 3.05) is 18.6 Å². The van der Waals surface area contributed by atoms with Gasteiger partial charge in [-0.2, -0.15) is 17.0 Å². The smallest absolute Gasteiger partial charge is 0.408 e. The summed E-state index contributed by atoms with van der Waals surface area (Å²) in [6.45, 7) is 8.89. The first-order valence-electron chi connectivity index (χ1n) is 12.5. The lowest BCUT2D eigenvalue weighted by Crippen LogP contribution is -2.53. The average molecular weight is 539 g/mol. The Kier molecular flexibility index (Phi) is 11.7. The quantitative estimate of drug-likeness (QED) is 0.403. The van der Waals surface area contributed by atoms with Crippen LogP contribution in [0.4, 0.5) is 4.79 Å². The first kappa shape index (κ1) is 30.7. The highest BCUT2D eigenvalue weighted by Gasteiger charge is 2.37. The molecule has 2 N–H and O–H groups in total. The number of nitriles is 1. The molecule has 2 rings (SSSR count). The van der Waals surface area contributed by atoms with Crippen LogP contribution in [0.25, 0.3) is 0 Å². The Morgan fingerprint density at radius 2 is 1.68 bits per heavy atom. The molecule has 2 aromatic carbocycles. The molecule has 0 aliphatic heterocycles. The third kappa shape index (κ3) is 9.10. The number of alkyl carbamates (subject to hydrolysis) is 1. The van der Waals surface area contributed by atoms with E-state index in [9.17, 15) is 19.6 Å². The second kappa shape index (κ2) is 14.4. The van der Waals surface area contributed by atoms with E-state index < -0.39 is 35.6 Å². The van der Waals surface area contributed by atoms with Crippen molar-refractivity contribution in [3.63, 3.8) is 0 Å². The van der Waals surface area contributed by atoms with E-state index in [0.29, 0.717) is 17.7 Å². The zero-order valence-electron chi connectivity index (χ0n) is 23.0. The normalized spacial score (nSPS) is 12.6. The fraction of sp³-hybridized carbons (Fsp3) is 0.448. The van der Waals surface area contributed by atoms with Crippen molar-refractivity contribution in [1.82, 2.24) is 15.5 Å². The Balaban J connectivity index is 2.49. The predicted octanol–water partition coefficient (Wildman–Crippen LogP) is 4.66. The topological polar surface area (TPSA) is 112 Å². The van der Waals surface area contributed by atoms with Crippen molar-refractivity contribution < 1.29 is 19.1 Å². The van der Waals surface area contributed by atoms with E-state index in [1.807, 2.05) is 74.7 Å². The summed E-state index contributed by atoms with van der Waals surface area (Å²) in [6.07, 6.45) is 1.48. The molecule has 0 fully saturated rings. The maximum atomic E-state index is 14.0. The van der Waals surface area contributed by atoms with Gasteiger partial charge in [0.2, 0.25) is 11.8 Å². The molecule has 9 heteroatoms. The van der Waals surface area contributed by atoms with Gasteiger partial charge in [0.25, 0.3) is 0 Å². The molecular weight excluding hydrogens is 500 g/mol. The standard InChI is InChI=1S/C29H38N4O4S/c1-20-11-10-12-21(2)24(20)25(26(34)31-19-22-13-8-7-9-14-22)33(17-16-30)27(35)23(15-18-38-6)32-28(36)37-29(3,4)5/h7-14,23,25H,15,17-19H2,1-6H3,(H,31,34)(H,32,36). The Labute approximate surface area is 230 Å². The van der Waals surface area contributed by atoms with Crippen molar-refractivity contribution in [2.24, 2.45) is 0 Å². The first-order chi connectivity index (χ1) is 18.0. The van der Waals surface area contributed by atoms with Crippen LogP contribution in [0.1, 0.15) is 55.5 Å². The number of hydrogen-bond donors (Lipinski definition) is 2. The monoisotopic (exact) mass is 538 g/mol. The second-order valence-electron chi connectivity index (χ2n) is 10.0. The van der Waals surface area contributed by atoms with Gasteiger partial charge in [0.1, 0.15) is 24.2 Å². The maximum absolute atomic E-state index is 14.0. The number of benzene rings is 2. The molecule has 0 bridgehead atoms. The van der Waals surface area contributed by atoms with Gasteiger partial charge in [0.15, 0.2) is 0 Å². The van der Waals surface area contributed by atoms with Gasteiger partial charge >= 0.3 is 6.09 Å². The summed E-state index contributed by atoms with van der Waals surface area (Å²) in [6, 6.07) is 15.1. The van der Waals surface area contributed by atoms with E-state index in [1.54, 1.807) is 20.8 Å². The molecule has 38 heavy (non-hydrogen) atoms. The molecule has 0 heterocycles. The maximum Gasteiger partial charge on any atom is 0.408 e. The molecule has 204 valence electrons. The summed E-state index contributed by atoms with van der Waals surface area (Å²) in [4.78, 5) is 41.6. The summed E-state index contributed by atoms with van der Waals surface area (Å²) in [7, 11) is 0. The number of carbonyl (C=O) groups excluding carboxylic acids is 3. The molecule has 0 aliphatic rings. The minimum atomic E-state index is -1.07. The Morgan fingerprint density at radius 1 is 1.05 bits per heavy atom. The van der Waals surface area contributed by atoms with Crippen LogP contribution in [-0.4, -0.2) is 53.0 Å². The lowest BCUT2D eigenvalue weighted by Gasteiger charge is -2.34. The number of carbonyl (C=O) groups is 3. The summed E-state index contributed by atoms with van der Waals surface area (Å²) < 4.78 is 5.38. The zero-order chi connectivity index (χ0) is 28.3. The third-order valence-corrected chi connectivity index (χ3v) is 6.45. The van der Waals surface area contributed by atoms with E-state index in [2.05, 4.69) is 10.6 Å². The van der Waals surface area contributed by atoms with Gasteiger partial charge in [-0.05, 0) is 75.3 Å². The van der Waals surface area contributed by atoms with Crippen LogP contribution in [0.2, 0.25) is 0 Å². The fourth-order valence-electron chi connectivity index (χ4n) is 4.08. The molecule has 2 aromatic rings. The van der Waals surface area contributed by atoms with Crippen LogP contribution in [-0.2, 0) is 20.9 Å². The summed E-state index contributed by atoms with van der Waals surface area (Å²) in [5, 5.41) is 15.3. The van der Waals surface area contributed by atoms with E-state index in [0.717, 1.165) is 16.7 Å². The number of hydrogen-bond acceptors (Lipinski definition) is 6. The van der Waals surface area contributed by atoms with Crippen LogP contribution >= 0.6 is 11.8 Å². The molecule has 0 saturated carbocycles. The van der Waals surface area contributed by atoms with E-state index in [4.69, 9.17) is 4.74 Å². The van der Waals surface area contributed by atoms with Crippen LogP contribution in [0.5, 0.6) is 0 Å². The average Bonchev–Trinajstić information content (AvgIpc) is 2.85. The fourth-order valence-corrected chi connectivity index (χ4v) is 4.56. The second-order valence-corrected chi connectivity index (χ2v) is 11.0. The molecule has 0 aromatic heterocycles. The van der Waals surface area contributed by atoms with Crippen molar-refractivity contribution in [3.8, 4) is 6.07 Å². The Morgan fingerprint density at radius 3 is 2.24 bits per heavy atom. The largest absolute Gasteiger partial charge is 0.444 e. The first-order valence-corrected chi connectivity index (χ1v) is 13.9. The molecule has 0 radical (unpaired) electrons. The van der Waals surface area contributed by atoms with Gasteiger partial charge in [-0.25, -0.2) is 4.79 Å². The van der Waals surface area contributed by atoms with Crippen molar-refractivity contribution in [2.45, 2.75) is 65.3 Å². The lowest BCUT2D eigenvalue weighted by molar-refractivity contribution is -0.141. The molecule has 0 aliphatic carbocycles. The van der Waals surface area contributed by atoms with Crippen LogP contribution < -0.4 is 10.6 Å². The third-order valence-electron chi connectivity index (χ3n) is 5.81. The molecular formula is C29H38N4O4S. The number of rotatable bonds is 11. The predicted molar refractivity (Wildman–Crippen MR) is 150 cm³/mol. The SMILES string of the molecule is CSCCC(NC(=O)OC(C)(C)C)C(=O)N(CC#N)C(C(=O)NCc1ccccc1)c1c(C)cccc1C. The number of ether oxygens (including phenoxy) is 1. The summed E-state index contributed by atoms with van der Waals surface area (Å²) in [5.74, 6) is -0.342. The Hall–Kier alpha value is -3.51. The van der Waals surface area contributed by atoms with Crippen LogP contribution in [0.15, 0.2) is 48.5 Å². The van der Waals surface area contributed by atoms with Crippen LogP contribution in [0.3, 0.4) is 0 Å². The number of aryl methyl sites for hydroxylation is 2. The molecule has 0 saturated heterocycles. The molecule has 8 nitrogen and oxygen atoms in total. The van der Waals surface area contributed by atoms with Gasteiger partial charge in [0, 0.05) is 6.54 Å². The molecule has 2 unspecified atom stereocenters. The van der Waals surface area contributed by atoms with E-state index in [1.165, 1.54) is 16.7 Å². The highest BCUT2D eigenvalue weighted by atomic mass is 32.2. The molecule has 3 amide bonds. The summed E-state index contributed by atoms with van der Waals surface area (Å²) in [5.41, 5.74) is 2.45. The molecule has 0 spiro atoms. The van der Waals surface area contributed by atoms with Gasteiger partial charge in [0.05, 0.1) is 6.07 Å². The number of amides is 3. The minimum Gasteiger partial charge on any atom is -0.444 e. The number of nitrogens with zero attached hydrogens (tertiary/aromatic N) is 2. The summed E-state index contributed by atoms with van der Waals surface area (Å²) >= 11 is 1.53. The van der Waals surface area contributed by atoms with Crippen molar-refractivity contribution >= 4 is 29.7 Å². The highest BCUT2D eigenvalue weighted by molar-refractivity contribution is 7.98. The number of thioether (sulfide) groups is 1. The minimum absolute atomic E-state index is 0.266.